The predicted octanol–water partition coefficient (Wildman–Crippen LogP) is 1.47. The predicted molar refractivity (Wildman–Crippen MR) is 94.5 cm³/mol. The number of carbonyl (C=O) groups excluding carboxylic acids is 2. The van der Waals surface area contributed by atoms with Gasteiger partial charge in [0.2, 0.25) is 0 Å². The van der Waals surface area contributed by atoms with Crippen LogP contribution in [-0.4, -0.2) is 53.2 Å². The van der Waals surface area contributed by atoms with Crippen LogP contribution in [0.1, 0.15) is 26.3 Å². The molecule has 1 radical (unpaired) electrons. The van der Waals surface area contributed by atoms with E-state index in [4.69, 9.17) is 10.2 Å². The van der Waals surface area contributed by atoms with Crippen LogP contribution in [0.5, 0.6) is 0 Å². The molecule has 25 heavy (non-hydrogen) atoms. The Kier molecular flexibility index (Phi) is 6.68. The highest BCUT2D eigenvalue weighted by atomic mass is 16.3. The van der Waals surface area contributed by atoms with E-state index in [0.29, 0.717) is 16.8 Å². The first kappa shape index (κ1) is 18.6. The van der Waals surface area contributed by atoms with Gasteiger partial charge in [0.1, 0.15) is 0 Å². The number of hydrogen-bond acceptors (Lipinski definition) is 4. The number of nitrogens with zero attached hydrogens (tertiary/aromatic N) is 1. The Morgan fingerprint density at radius 3 is 2.28 bits per heavy atom. The van der Waals surface area contributed by atoms with Gasteiger partial charge in [-0.1, -0.05) is 17.7 Å². The number of aliphatic hydroxyl groups is 2. The summed E-state index contributed by atoms with van der Waals surface area (Å²) in [4.78, 5) is 26.0. The third-order valence-corrected chi connectivity index (χ3v) is 3.63. The van der Waals surface area contributed by atoms with E-state index >= 15 is 0 Å². The molecule has 2 aromatic carbocycles. The van der Waals surface area contributed by atoms with Gasteiger partial charge in [0.25, 0.3) is 11.8 Å². The molecule has 0 aromatic heterocycles. The monoisotopic (exact) mass is 341 g/mol. The Morgan fingerprint density at radius 2 is 1.68 bits per heavy atom. The summed E-state index contributed by atoms with van der Waals surface area (Å²) < 4.78 is 0. The van der Waals surface area contributed by atoms with E-state index in [-0.39, 0.29) is 38.1 Å². The molecule has 0 atom stereocenters. The van der Waals surface area contributed by atoms with Crippen molar-refractivity contribution >= 4 is 17.5 Å². The summed E-state index contributed by atoms with van der Waals surface area (Å²) in [6.45, 7) is 1.80. The lowest BCUT2D eigenvalue weighted by atomic mass is 10.1. The van der Waals surface area contributed by atoms with Crippen molar-refractivity contribution in [2.75, 3.05) is 31.6 Å². The lowest BCUT2D eigenvalue weighted by Gasteiger charge is -2.21. The van der Waals surface area contributed by atoms with Gasteiger partial charge < -0.3 is 20.4 Å². The summed E-state index contributed by atoms with van der Waals surface area (Å²) in [6, 6.07) is 14.6. The van der Waals surface area contributed by atoms with Crippen LogP contribution in [0, 0.1) is 13.0 Å². The third-order valence-electron chi connectivity index (χ3n) is 3.63. The van der Waals surface area contributed by atoms with Crippen molar-refractivity contribution in [3.63, 3.8) is 0 Å². The zero-order chi connectivity index (χ0) is 18.2. The Bertz CT molecular complexity index is 722. The minimum atomic E-state index is -0.342. The average Bonchev–Trinajstić information content (AvgIpc) is 2.61. The summed E-state index contributed by atoms with van der Waals surface area (Å²) in [7, 11) is 0. The van der Waals surface area contributed by atoms with E-state index in [1.165, 1.54) is 11.0 Å². The first-order valence-corrected chi connectivity index (χ1v) is 7.95. The van der Waals surface area contributed by atoms with Crippen molar-refractivity contribution in [2.24, 2.45) is 0 Å². The van der Waals surface area contributed by atoms with E-state index < -0.39 is 0 Å². The number of amides is 2. The Labute approximate surface area is 146 Å². The van der Waals surface area contributed by atoms with Crippen LogP contribution in [0.3, 0.4) is 0 Å². The van der Waals surface area contributed by atoms with Gasteiger partial charge in [-0.05, 0) is 43.3 Å². The molecule has 0 saturated carbocycles. The van der Waals surface area contributed by atoms with Gasteiger partial charge in [0, 0.05) is 29.9 Å². The molecule has 6 nitrogen and oxygen atoms in total. The molecule has 0 unspecified atom stereocenters. The summed E-state index contributed by atoms with van der Waals surface area (Å²) in [5, 5.41) is 20.8. The van der Waals surface area contributed by atoms with Crippen molar-refractivity contribution in [1.29, 1.82) is 0 Å². The molecular formula is C19H21N2O4. The minimum Gasteiger partial charge on any atom is -0.395 e. The maximum Gasteiger partial charge on any atom is 0.255 e. The van der Waals surface area contributed by atoms with Crippen molar-refractivity contribution in [3.05, 3.63) is 65.2 Å². The summed E-state index contributed by atoms with van der Waals surface area (Å²) >= 11 is 0. The largest absolute Gasteiger partial charge is 0.395 e. The number of carbonyl (C=O) groups is 2. The van der Waals surface area contributed by atoms with Gasteiger partial charge in [-0.25, -0.2) is 0 Å². The number of nitrogens with one attached hydrogen (secondary N) is 1. The van der Waals surface area contributed by atoms with Crippen LogP contribution in [0.15, 0.2) is 42.5 Å². The maximum atomic E-state index is 12.4. The maximum absolute atomic E-state index is 12.4. The molecule has 0 saturated heterocycles. The van der Waals surface area contributed by atoms with Crippen LogP contribution < -0.4 is 5.32 Å². The molecule has 2 amide bonds. The first-order chi connectivity index (χ1) is 12.0. The molecule has 0 spiro atoms. The molecule has 0 aliphatic heterocycles. The van der Waals surface area contributed by atoms with Gasteiger partial charge in [-0.3, -0.25) is 9.59 Å². The van der Waals surface area contributed by atoms with Gasteiger partial charge >= 0.3 is 0 Å². The Morgan fingerprint density at radius 1 is 1.04 bits per heavy atom. The molecule has 0 heterocycles. The second-order valence-corrected chi connectivity index (χ2v) is 5.57. The molecule has 0 fully saturated rings. The van der Waals surface area contributed by atoms with Crippen molar-refractivity contribution in [2.45, 2.75) is 6.92 Å². The minimum absolute atomic E-state index is 0.124. The van der Waals surface area contributed by atoms with Crippen LogP contribution in [0.25, 0.3) is 0 Å². The van der Waals surface area contributed by atoms with Crippen LogP contribution >= 0.6 is 0 Å². The second kappa shape index (κ2) is 8.96. The number of rotatable bonds is 7. The van der Waals surface area contributed by atoms with Crippen molar-refractivity contribution < 1.29 is 19.8 Å². The number of hydrogen-bond donors (Lipinski definition) is 3. The van der Waals surface area contributed by atoms with E-state index in [1.807, 2.05) is 19.1 Å². The normalized spacial score (nSPS) is 10.4. The summed E-state index contributed by atoms with van der Waals surface area (Å²) in [5.74, 6) is -0.619. The topological polar surface area (TPSA) is 89.9 Å². The Hall–Kier alpha value is -2.70. The van der Waals surface area contributed by atoms with E-state index in [1.54, 1.807) is 24.3 Å². The lowest BCUT2D eigenvalue weighted by Crippen LogP contribution is -2.35. The number of anilines is 1. The quantitative estimate of drug-likeness (QED) is 0.711. The SMILES string of the molecule is Cc1ccc(C(=O)Nc2c[c]cc(C(=O)N(CCO)CCO)c2)cc1. The molecule has 3 N–H and O–H groups in total. The molecular weight excluding hydrogens is 320 g/mol. The summed E-state index contributed by atoms with van der Waals surface area (Å²) in [5.41, 5.74) is 2.35. The molecule has 6 heteroatoms. The van der Waals surface area contributed by atoms with Gasteiger partial charge in [-0.15, -0.1) is 0 Å². The number of aliphatic hydroxyl groups excluding tert-OH is 2. The molecule has 2 aromatic rings. The number of aryl methyl sites for hydroxylation is 1. The van der Waals surface area contributed by atoms with E-state index in [9.17, 15) is 9.59 Å². The highest BCUT2D eigenvalue weighted by Crippen LogP contribution is 2.14. The fraction of sp³-hybridized carbons (Fsp3) is 0.263. The molecule has 131 valence electrons. The zero-order valence-corrected chi connectivity index (χ0v) is 14.0. The third kappa shape index (κ3) is 5.14. The number of benzene rings is 2. The first-order valence-electron chi connectivity index (χ1n) is 7.95. The standard InChI is InChI=1S/C19H21N2O4/c1-14-5-7-15(8-6-14)18(24)20-17-4-2-3-16(13-17)19(25)21(9-11-22)10-12-23/h3-8,13,22-23H,9-12H2,1H3,(H,20,24). The fourth-order valence-corrected chi connectivity index (χ4v) is 2.31. The summed E-state index contributed by atoms with van der Waals surface area (Å²) in [6.07, 6.45) is 0. The van der Waals surface area contributed by atoms with Crippen LogP contribution in [0.4, 0.5) is 5.69 Å². The van der Waals surface area contributed by atoms with Crippen LogP contribution in [-0.2, 0) is 0 Å². The van der Waals surface area contributed by atoms with Crippen molar-refractivity contribution in [1.82, 2.24) is 4.90 Å². The molecule has 2 rings (SSSR count). The fourth-order valence-electron chi connectivity index (χ4n) is 2.31. The molecule has 0 aliphatic carbocycles. The smallest absolute Gasteiger partial charge is 0.255 e. The van der Waals surface area contributed by atoms with Crippen LogP contribution in [0.2, 0.25) is 0 Å². The highest BCUT2D eigenvalue weighted by Gasteiger charge is 2.16. The second-order valence-electron chi connectivity index (χ2n) is 5.57. The molecule has 0 aliphatic rings. The zero-order valence-electron chi connectivity index (χ0n) is 14.0. The van der Waals surface area contributed by atoms with Gasteiger partial charge in [-0.2, -0.15) is 0 Å². The molecule has 0 bridgehead atoms. The van der Waals surface area contributed by atoms with Crippen molar-refractivity contribution in [3.8, 4) is 0 Å². The highest BCUT2D eigenvalue weighted by molar-refractivity contribution is 6.05. The Balaban J connectivity index is 2.13. The average molecular weight is 341 g/mol. The van der Waals surface area contributed by atoms with E-state index in [2.05, 4.69) is 11.4 Å². The lowest BCUT2D eigenvalue weighted by molar-refractivity contribution is 0.0684. The van der Waals surface area contributed by atoms with Gasteiger partial charge in [0.05, 0.1) is 13.2 Å². The van der Waals surface area contributed by atoms with E-state index in [0.717, 1.165) is 5.56 Å². The van der Waals surface area contributed by atoms with Gasteiger partial charge in [0.15, 0.2) is 0 Å².